The van der Waals surface area contributed by atoms with Gasteiger partial charge in [0.1, 0.15) is 0 Å². The van der Waals surface area contributed by atoms with E-state index in [0.29, 0.717) is 39.1 Å². The lowest BCUT2D eigenvalue weighted by Crippen LogP contribution is -2.52. The quantitative estimate of drug-likeness (QED) is 0.861. The lowest BCUT2D eigenvalue weighted by atomic mass is 10.1. The summed E-state index contributed by atoms with van der Waals surface area (Å²) in [5, 5.41) is 1.15. The predicted octanol–water partition coefficient (Wildman–Crippen LogP) is 1.25. The van der Waals surface area contributed by atoms with Crippen molar-refractivity contribution in [3.05, 3.63) is 36.0 Å². The number of aromatic nitrogens is 1. The van der Waals surface area contributed by atoms with E-state index in [4.69, 9.17) is 0 Å². The fourth-order valence-electron chi connectivity index (χ4n) is 3.48. The Kier molecular flexibility index (Phi) is 5.78. The summed E-state index contributed by atoms with van der Waals surface area (Å²) in [6.07, 6.45) is 2.65. The smallest absolute Gasteiger partial charge is 0.242 e. The highest BCUT2D eigenvalue weighted by Gasteiger charge is 2.24. The van der Waals surface area contributed by atoms with E-state index < -0.39 is 0 Å². The van der Waals surface area contributed by atoms with Crippen molar-refractivity contribution in [1.82, 2.24) is 19.7 Å². The third-order valence-corrected chi connectivity index (χ3v) is 5.18. The molecule has 1 aliphatic heterocycles. The fourth-order valence-corrected chi connectivity index (χ4v) is 3.48. The molecule has 1 saturated heterocycles. The Morgan fingerprint density at radius 1 is 1.04 bits per heavy atom. The molecule has 0 aliphatic carbocycles. The number of hydrogen-bond donors (Lipinski definition) is 1. The van der Waals surface area contributed by atoms with Crippen molar-refractivity contribution < 1.29 is 14.4 Å². The Labute approximate surface area is 158 Å². The van der Waals surface area contributed by atoms with Crippen molar-refractivity contribution >= 4 is 28.6 Å². The van der Waals surface area contributed by atoms with Gasteiger partial charge in [-0.2, -0.15) is 0 Å². The number of nitrogens with zero attached hydrogens (tertiary/aromatic N) is 3. The lowest BCUT2D eigenvalue weighted by Gasteiger charge is -2.35. The Balaban J connectivity index is 1.57. The van der Waals surface area contributed by atoms with Crippen LogP contribution < -0.4 is 0 Å². The van der Waals surface area contributed by atoms with E-state index in [1.807, 2.05) is 24.4 Å². The minimum absolute atomic E-state index is 0.0335. The van der Waals surface area contributed by atoms with Crippen LogP contribution >= 0.6 is 0 Å². The third kappa shape index (κ3) is 4.48. The summed E-state index contributed by atoms with van der Waals surface area (Å²) in [6, 6.07) is 8.05. The predicted molar refractivity (Wildman–Crippen MR) is 103 cm³/mol. The number of hydrogen-bond acceptors (Lipinski definition) is 3. The highest BCUT2D eigenvalue weighted by Crippen LogP contribution is 2.18. The van der Waals surface area contributed by atoms with Gasteiger partial charge in [0.25, 0.3) is 0 Å². The Morgan fingerprint density at radius 3 is 2.37 bits per heavy atom. The largest absolute Gasteiger partial charge is 0.361 e. The van der Waals surface area contributed by atoms with E-state index in [1.54, 1.807) is 21.6 Å². The van der Waals surface area contributed by atoms with Gasteiger partial charge in [-0.05, 0) is 18.1 Å². The highest BCUT2D eigenvalue weighted by atomic mass is 16.2. The van der Waals surface area contributed by atoms with E-state index in [0.717, 1.165) is 16.5 Å². The number of para-hydroxylation sites is 1. The molecule has 7 heteroatoms. The topological polar surface area (TPSA) is 76.7 Å². The Bertz CT molecular complexity index is 837. The molecule has 1 aromatic carbocycles. The average Bonchev–Trinajstić information content (AvgIpc) is 3.08. The van der Waals surface area contributed by atoms with Gasteiger partial charge in [0, 0.05) is 63.7 Å². The third-order valence-electron chi connectivity index (χ3n) is 5.18. The molecule has 0 atom stereocenters. The monoisotopic (exact) mass is 370 g/mol. The molecular formula is C20H26N4O3. The molecule has 0 spiro atoms. The van der Waals surface area contributed by atoms with Gasteiger partial charge in [0.15, 0.2) is 0 Å². The molecule has 144 valence electrons. The molecule has 2 heterocycles. The molecule has 3 rings (SSSR count). The van der Waals surface area contributed by atoms with E-state index in [-0.39, 0.29) is 24.3 Å². The van der Waals surface area contributed by atoms with Crippen LogP contribution in [-0.4, -0.2) is 76.7 Å². The second-order valence-corrected chi connectivity index (χ2v) is 6.94. The first-order valence-electron chi connectivity index (χ1n) is 9.29. The summed E-state index contributed by atoms with van der Waals surface area (Å²) in [5.41, 5.74) is 2.21. The molecular weight excluding hydrogens is 344 g/mol. The summed E-state index contributed by atoms with van der Waals surface area (Å²) in [6.45, 7) is 5.76. The standard InChI is InChI=1S/C20H26N4O3/c1-15(25)22-9-11-23(12-10-22)20(27)14-24(16(2)26)8-7-17-13-21-19-6-4-3-5-18(17)19/h3-6,13,21H,7-12,14H2,1-2H3. The second-order valence-electron chi connectivity index (χ2n) is 6.94. The van der Waals surface area contributed by atoms with E-state index in [9.17, 15) is 14.4 Å². The molecule has 1 aromatic heterocycles. The SMILES string of the molecule is CC(=O)N1CCN(C(=O)CN(CCc2c[nH]c3ccccc23)C(C)=O)CC1. The van der Waals surface area contributed by atoms with Crippen molar-refractivity contribution in [3.8, 4) is 0 Å². The van der Waals surface area contributed by atoms with Gasteiger partial charge in [-0.15, -0.1) is 0 Å². The molecule has 0 saturated carbocycles. The molecule has 1 N–H and O–H groups in total. The fraction of sp³-hybridized carbons (Fsp3) is 0.450. The first-order valence-corrected chi connectivity index (χ1v) is 9.29. The molecule has 0 unspecified atom stereocenters. The van der Waals surface area contributed by atoms with Gasteiger partial charge in [-0.1, -0.05) is 18.2 Å². The first kappa shape index (κ1) is 18.9. The first-order chi connectivity index (χ1) is 13.0. The number of carbonyl (C=O) groups is 3. The van der Waals surface area contributed by atoms with Crippen molar-refractivity contribution in [1.29, 1.82) is 0 Å². The van der Waals surface area contributed by atoms with Crippen LogP contribution in [0.1, 0.15) is 19.4 Å². The number of piperazine rings is 1. The van der Waals surface area contributed by atoms with E-state index in [2.05, 4.69) is 11.1 Å². The number of rotatable bonds is 5. The van der Waals surface area contributed by atoms with Crippen LogP contribution in [-0.2, 0) is 20.8 Å². The molecule has 0 radical (unpaired) electrons. The van der Waals surface area contributed by atoms with Gasteiger partial charge in [-0.25, -0.2) is 0 Å². The maximum Gasteiger partial charge on any atom is 0.242 e. The van der Waals surface area contributed by atoms with Crippen molar-refractivity contribution in [3.63, 3.8) is 0 Å². The normalized spacial score (nSPS) is 14.4. The maximum absolute atomic E-state index is 12.6. The van der Waals surface area contributed by atoms with Crippen LogP contribution in [0.3, 0.4) is 0 Å². The van der Waals surface area contributed by atoms with Crippen LogP contribution in [0.4, 0.5) is 0 Å². The number of fused-ring (bicyclic) bond motifs is 1. The van der Waals surface area contributed by atoms with Gasteiger partial charge in [0.05, 0.1) is 6.54 Å². The molecule has 3 amide bonds. The molecule has 1 fully saturated rings. The summed E-state index contributed by atoms with van der Waals surface area (Å²) in [4.78, 5) is 44.3. The van der Waals surface area contributed by atoms with Gasteiger partial charge >= 0.3 is 0 Å². The van der Waals surface area contributed by atoms with E-state index in [1.165, 1.54) is 6.92 Å². The van der Waals surface area contributed by atoms with Gasteiger partial charge in [-0.3, -0.25) is 14.4 Å². The number of aromatic amines is 1. The number of nitrogens with one attached hydrogen (secondary N) is 1. The summed E-state index contributed by atoms with van der Waals surface area (Å²) in [5.74, 6) is -0.135. The zero-order valence-electron chi connectivity index (χ0n) is 15.9. The zero-order chi connectivity index (χ0) is 19.4. The zero-order valence-corrected chi connectivity index (χ0v) is 15.9. The second kappa shape index (κ2) is 8.24. The van der Waals surface area contributed by atoms with Crippen LogP contribution in [0.25, 0.3) is 10.9 Å². The Hall–Kier alpha value is -2.83. The lowest BCUT2D eigenvalue weighted by molar-refractivity contribution is -0.142. The van der Waals surface area contributed by atoms with E-state index >= 15 is 0 Å². The maximum atomic E-state index is 12.6. The molecule has 0 bridgehead atoms. The highest BCUT2D eigenvalue weighted by molar-refractivity contribution is 5.85. The summed E-state index contributed by atoms with van der Waals surface area (Å²) >= 11 is 0. The molecule has 2 aromatic rings. The molecule has 7 nitrogen and oxygen atoms in total. The number of H-pyrrole nitrogens is 1. The van der Waals surface area contributed by atoms with Crippen molar-refractivity contribution in [2.75, 3.05) is 39.3 Å². The van der Waals surface area contributed by atoms with Gasteiger partial charge < -0.3 is 19.7 Å². The number of carbonyl (C=O) groups excluding carboxylic acids is 3. The van der Waals surface area contributed by atoms with Crippen molar-refractivity contribution in [2.24, 2.45) is 0 Å². The minimum Gasteiger partial charge on any atom is -0.361 e. The molecule has 1 aliphatic rings. The van der Waals surface area contributed by atoms with Crippen LogP contribution in [0.5, 0.6) is 0 Å². The average molecular weight is 370 g/mol. The summed E-state index contributed by atoms with van der Waals surface area (Å²) in [7, 11) is 0. The van der Waals surface area contributed by atoms with Crippen LogP contribution in [0.2, 0.25) is 0 Å². The Morgan fingerprint density at radius 2 is 1.70 bits per heavy atom. The van der Waals surface area contributed by atoms with Crippen molar-refractivity contribution in [2.45, 2.75) is 20.3 Å². The van der Waals surface area contributed by atoms with Gasteiger partial charge in [0.2, 0.25) is 17.7 Å². The number of amides is 3. The molecule has 27 heavy (non-hydrogen) atoms. The minimum atomic E-state index is -0.106. The van der Waals surface area contributed by atoms with Crippen LogP contribution in [0.15, 0.2) is 30.5 Å². The summed E-state index contributed by atoms with van der Waals surface area (Å²) < 4.78 is 0. The van der Waals surface area contributed by atoms with Crippen LogP contribution in [0, 0.1) is 0 Å². The number of benzene rings is 1.